The highest BCUT2D eigenvalue weighted by atomic mass is 79.9. The fourth-order valence-electron chi connectivity index (χ4n) is 1.34. The van der Waals surface area contributed by atoms with Gasteiger partial charge in [-0.3, -0.25) is 9.36 Å². The second kappa shape index (κ2) is 5.21. The molecule has 0 N–H and O–H groups in total. The molecule has 0 saturated heterocycles. The minimum atomic E-state index is -0.338. The van der Waals surface area contributed by atoms with E-state index in [1.54, 1.807) is 0 Å². The summed E-state index contributed by atoms with van der Waals surface area (Å²) in [6, 6.07) is 7.65. The standard InChI is InChI=1S/C11H7BrCl2N2O/c12-8-3-1-7(2-4-8)5-16-6-15-10(14)9(13)11(16)17/h1-4,6H,5H2. The molecule has 0 unspecified atom stereocenters. The molecule has 0 amide bonds. The Hall–Kier alpha value is -0.840. The van der Waals surface area contributed by atoms with Gasteiger partial charge in [-0.1, -0.05) is 51.3 Å². The molecule has 0 aliphatic heterocycles. The van der Waals surface area contributed by atoms with Crippen molar-refractivity contribution in [2.45, 2.75) is 6.54 Å². The summed E-state index contributed by atoms with van der Waals surface area (Å²) < 4.78 is 2.40. The van der Waals surface area contributed by atoms with Crippen molar-refractivity contribution in [1.82, 2.24) is 9.55 Å². The third kappa shape index (κ3) is 2.89. The topological polar surface area (TPSA) is 34.9 Å². The molecule has 0 radical (unpaired) electrons. The molecule has 1 aromatic carbocycles. The number of aromatic nitrogens is 2. The lowest BCUT2D eigenvalue weighted by Crippen LogP contribution is -2.21. The Morgan fingerprint density at radius 1 is 1.24 bits per heavy atom. The van der Waals surface area contributed by atoms with Crippen molar-refractivity contribution in [3.8, 4) is 0 Å². The van der Waals surface area contributed by atoms with E-state index in [0.717, 1.165) is 10.0 Å². The molecule has 6 heteroatoms. The van der Waals surface area contributed by atoms with Crippen molar-refractivity contribution in [2.75, 3.05) is 0 Å². The van der Waals surface area contributed by atoms with Gasteiger partial charge in [0.05, 0.1) is 12.9 Å². The van der Waals surface area contributed by atoms with Crippen LogP contribution in [0.5, 0.6) is 0 Å². The summed E-state index contributed by atoms with van der Waals surface area (Å²) in [6.07, 6.45) is 1.39. The Balaban J connectivity index is 2.34. The van der Waals surface area contributed by atoms with Crippen LogP contribution in [0.15, 0.2) is 39.9 Å². The number of halogens is 3. The molecule has 0 spiro atoms. The van der Waals surface area contributed by atoms with E-state index in [2.05, 4.69) is 20.9 Å². The van der Waals surface area contributed by atoms with Gasteiger partial charge in [0, 0.05) is 4.47 Å². The van der Waals surface area contributed by atoms with E-state index in [1.807, 2.05) is 24.3 Å². The van der Waals surface area contributed by atoms with E-state index in [-0.39, 0.29) is 15.7 Å². The monoisotopic (exact) mass is 332 g/mol. The Morgan fingerprint density at radius 2 is 1.88 bits per heavy atom. The van der Waals surface area contributed by atoms with Crippen LogP contribution in [-0.4, -0.2) is 9.55 Å². The second-order valence-electron chi connectivity index (χ2n) is 3.41. The van der Waals surface area contributed by atoms with Gasteiger partial charge in [0.15, 0.2) is 5.15 Å². The van der Waals surface area contributed by atoms with E-state index in [4.69, 9.17) is 23.2 Å². The minimum Gasteiger partial charge on any atom is -0.293 e. The summed E-state index contributed by atoms with van der Waals surface area (Å²) in [5.74, 6) is 0. The van der Waals surface area contributed by atoms with E-state index in [9.17, 15) is 4.79 Å². The molecule has 0 atom stereocenters. The van der Waals surface area contributed by atoms with Gasteiger partial charge < -0.3 is 0 Å². The molecule has 88 valence electrons. The first-order valence-electron chi connectivity index (χ1n) is 4.73. The summed E-state index contributed by atoms with van der Waals surface area (Å²) in [5, 5.41) is -0.0185. The highest BCUT2D eigenvalue weighted by molar-refractivity contribution is 9.10. The SMILES string of the molecule is O=c1c(Cl)c(Cl)ncn1Cc1ccc(Br)cc1. The van der Waals surface area contributed by atoms with Crippen molar-refractivity contribution in [3.05, 3.63) is 61.2 Å². The Kier molecular flexibility index (Phi) is 3.86. The highest BCUT2D eigenvalue weighted by Crippen LogP contribution is 2.14. The molecule has 1 heterocycles. The molecular formula is C11H7BrCl2N2O. The van der Waals surface area contributed by atoms with Gasteiger partial charge in [0.25, 0.3) is 5.56 Å². The average Bonchev–Trinajstić information content (AvgIpc) is 2.33. The molecule has 0 saturated carbocycles. The number of hydrogen-bond donors (Lipinski definition) is 0. The van der Waals surface area contributed by atoms with Crippen LogP contribution >= 0.6 is 39.1 Å². The third-order valence-electron chi connectivity index (χ3n) is 2.21. The first kappa shape index (κ1) is 12.6. The van der Waals surface area contributed by atoms with Crippen LogP contribution in [0, 0.1) is 0 Å². The summed E-state index contributed by atoms with van der Waals surface area (Å²) in [5.41, 5.74) is 0.644. The zero-order valence-electron chi connectivity index (χ0n) is 8.53. The van der Waals surface area contributed by atoms with E-state index >= 15 is 0 Å². The molecule has 0 aliphatic rings. The maximum Gasteiger partial charge on any atom is 0.273 e. The van der Waals surface area contributed by atoms with Gasteiger partial charge >= 0.3 is 0 Å². The predicted octanol–water partition coefficient (Wildman–Crippen LogP) is 3.36. The molecule has 17 heavy (non-hydrogen) atoms. The third-order valence-corrected chi connectivity index (χ3v) is 3.46. The summed E-state index contributed by atoms with van der Waals surface area (Å²) in [6.45, 7) is 0.413. The van der Waals surface area contributed by atoms with Crippen LogP contribution in [0.4, 0.5) is 0 Å². The summed E-state index contributed by atoms with van der Waals surface area (Å²) in [4.78, 5) is 15.6. The zero-order valence-corrected chi connectivity index (χ0v) is 11.6. The normalized spacial score (nSPS) is 10.5. The highest BCUT2D eigenvalue weighted by Gasteiger charge is 2.07. The van der Waals surface area contributed by atoms with Crippen molar-refractivity contribution in [2.24, 2.45) is 0 Å². The lowest BCUT2D eigenvalue weighted by Gasteiger charge is -2.06. The zero-order chi connectivity index (χ0) is 12.4. The van der Waals surface area contributed by atoms with Crippen LogP contribution in [0.2, 0.25) is 10.2 Å². The van der Waals surface area contributed by atoms with E-state index in [0.29, 0.717) is 6.54 Å². The smallest absolute Gasteiger partial charge is 0.273 e. The quantitative estimate of drug-likeness (QED) is 0.790. The molecule has 3 nitrogen and oxygen atoms in total. The van der Waals surface area contributed by atoms with Gasteiger partial charge in [-0.2, -0.15) is 0 Å². The van der Waals surface area contributed by atoms with Gasteiger partial charge in [-0.25, -0.2) is 4.98 Å². The summed E-state index contributed by atoms with van der Waals surface area (Å²) >= 11 is 14.7. The van der Waals surface area contributed by atoms with Gasteiger partial charge in [-0.05, 0) is 17.7 Å². The number of rotatable bonds is 2. The molecule has 2 rings (SSSR count). The van der Waals surface area contributed by atoms with Crippen molar-refractivity contribution < 1.29 is 0 Å². The van der Waals surface area contributed by atoms with Crippen molar-refractivity contribution in [3.63, 3.8) is 0 Å². The minimum absolute atomic E-state index is 0.0312. The molecule has 0 bridgehead atoms. The number of hydrogen-bond acceptors (Lipinski definition) is 2. The number of nitrogens with zero attached hydrogens (tertiary/aromatic N) is 2. The lowest BCUT2D eigenvalue weighted by molar-refractivity contribution is 0.736. The molecule has 0 fully saturated rings. The Bertz CT molecular complexity index is 595. The van der Waals surface area contributed by atoms with Gasteiger partial charge in [0.1, 0.15) is 5.02 Å². The van der Waals surface area contributed by atoms with Crippen molar-refractivity contribution in [1.29, 1.82) is 0 Å². The first-order chi connectivity index (χ1) is 8.08. The van der Waals surface area contributed by atoms with Crippen LogP contribution in [0.1, 0.15) is 5.56 Å². The molecule has 1 aromatic heterocycles. The van der Waals surface area contributed by atoms with E-state index in [1.165, 1.54) is 10.9 Å². The fourth-order valence-corrected chi connectivity index (χ4v) is 1.89. The van der Waals surface area contributed by atoms with Crippen molar-refractivity contribution >= 4 is 39.1 Å². The van der Waals surface area contributed by atoms with Crippen LogP contribution in [0.3, 0.4) is 0 Å². The lowest BCUT2D eigenvalue weighted by atomic mass is 10.2. The first-order valence-corrected chi connectivity index (χ1v) is 6.27. The Morgan fingerprint density at radius 3 is 2.53 bits per heavy atom. The predicted molar refractivity (Wildman–Crippen MR) is 71.8 cm³/mol. The second-order valence-corrected chi connectivity index (χ2v) is 5.06. The maximum absolute atomic E-state index is 11.8. The molecule has 2 aromatic rings. The largest absolute Gasteiger partial charge is 0.293 e. The summed E-state index contributed by atoms with van der Waals surface area (Å²) in [7, 11) is 0. The van der Waals surface area contributed by atoms with E-state index < -0.39 is 0 Å². The fraction of sp³-hybridized carbons (Fsp3) is 0.0909. The van der Waals surface area contributed by atoms with Crippen LogP contribution < -0.4 is 5.56 Å². The van der Waals surface area contributed by atoms with Crippen LogP contribution in [-0.2, 0) is 6.54 Å². The Labute approximate surface area is 116 Å². The maximum atomic E-state index is 11.8. The molecule has 0 aliphatic carbocycles. The average molecular weight is 334 g/mol. The van der Waals surface area contributed by atoms with Gasteiger partial charge in [-0.15, -0.1) is 0 Å². The van der Waals surface area contributed by atoms with Gasteiger partial charge in [0.2, 0.25) is 0 Å². The number of benzene rings is 1. The van der Waals surface area contributed by atoms with Crippen LogP contribution in [0.25, 0.3) is 0 Å². The molecular weight excluding hydrogens is 327 g/mol.